The van der Waals surface area contributed by atoms with Crippen molar-refractivity contribution in [1.29, 1.82) is 0 Å². The van der Waals surface area contributed by atoms with Crippen molar-refractivity contribution in [1.82, 2.24) is 9.78 Å². The largest absolute Gasteiger partial charge is 0.453 e. The number of carbonyl (C=O) groups is 1. The Balaban J connectivity index is 1.49. The summed E-state index contributed by atoms with van der Waals surface area (Å²) >= 11 is 0. The van der Waals surface area contributed by atoms with E-state index in [-0.39, 0.29) is 16.7 Å². The molecule has 0 atom stereocenters. The van der Waals surface area contributed by atoms with Gasteiger partial charge in [-0.15, -0.1) is 0 Å². The summed E-state index contributed by atoms with van der Waals surface area (Å²) in [6, 6.07) is 9.69. The van der Waals surface area contributed by atoms with Gasteiger partial charge in [-0.2, -0.15) is 5.10 Å². The minimum absolute atomic E-state index is 0.122. The van der Waals surface area contributed by atoms with Crippen molar-refractivity contribution in [2.45, 2.75) is 23.8 Å². The zero-order valence-electron chi connectivity index (χ0n) is 14.9. The number of sulfonamides is 1. The van der Waals surface area contributed by atoms with Crippen molar-refractivity contribution < 1.29 is 22.4 Å². The van der Waals surface area contributed by atoms with E-state index in [1.54, 1.807) is 35.1 Å². The summed E-state index contributed by atoms with van der Waals surface area (Å²) in [6.07, 6.45) is 5.53. The van der Waals surface area contributed by atoms with Gasteiger partial charge < -0.3 is 9.15 Å². The molecule has 0 aliphatic carbocycles. The summed E-state index contributed by atoms with van der Waals surface area (Å²) in [6.45, 7) is 1.36. The Bertz CT molecular complexity index is 1060. The molecule has 1 saturated heterocycles. The van der Waals surface area contributed by atoms with Crippen LogP contribution in [0.2, 0.25) is 0 Å². The van der Waals surface area contributed by atoms with Crippen molar-refractivity contribution in [2.75, 3.05) is 17.9 Å². The third-order valence-electron chi connectivity index (χ3n) is 4.61. The van der Waals surface area contributed by atoms with Crippen molar-refractivity contribution in [3.05, 3.63) is 54.6 Å². The minimum Gasteiger partial charge on any atom is -0.453 e. The van der Waals surface area contributed by atoms with Gasteiger partial charge in [0.2, 0.25) is 0 Å². The molecule has 3 aromatic rings. The number of hydrogen-bond donors (Lipinski definition) is 1. The molecule has 0 radical (unpaired) electrons. The number of furan rings is 1. The van der Waals surface area contributed by atoms with E-state index in [1.807, 2.05) is 0 Å². The third-order valence-corrected chi connectivity index (χ3v) is 6.01. The van der Waals surface area contributed by atoms with Gasteiger partial charge in [0, 0.05) is 25.0 Å². The van der Waals surface area contributed by atoms with Crippen molar-refractivity contribution in [3.63, 3.8) is 0 Å². The number of carbonyl (C=O) groups excluding carboxylic acids is 1. The maximum absolute atomic E-state index is 12.6. The Morgan fingerprint density at radius 3 is 2.54 bits per heavy atom. The minimum atomic E-state index is -3.74. The topological polar surface area (TPSA) is 103 Å². The number of aromatic nitrogens is 2. The van der Waals surface area contributed by atoms with Crippen LogP contribution in [0.4, 0.5) is 5.69 Å². The average Bonchev–Trinajstić information content (AvgIpc) is 3.38. The molecule has 0 unspecified atom stereocenters. The summed E-state index contributed by atoms with van der Waals surface area (Å²) in [5.41, 5.74) is 1.09. The molecule has 2 aromatic heterocycles. The van der Waals surface area contributed by atoms with Crippen LogP contribution >= 0.6 is 0 Å². The van der Waals surface area contributed by atoms with Crippen molar-refractivity contribution in [2.24, 2.45) is 0 Å². The first-order chi connectivity index (χ1) is 13.5. The second-order valence-corrected chi connectivity index (χ2v) is 8.18. The van der Waals surface area contributed by atoms with E-state index in [2.05, 4.69) is 9.82 Å². The van der Waals surface area contributed by atoms with E-state index in [0.29, 0.717) is 36.5 Å². The Morgan fingerprint density at radius 1 is 1.11 bits per heavy atom. The number of benzene rings is 1. The number of nitrogens with one attached hydrogen (secondary N) is 1. The van der Waals surface area contributed by atoms with Gasteiger partial charge in [0.15, 0.2) is 12.0 Å². The van der Waals surface area contributed by atoms with Gasteiger partial charge in [-0.25, -0.2) is 8.42 Å². The monoisotopic (exact) mass is 401 g/mol. The molecule has 0 spiro atoms. The van der Waals surface area contributed by atoms with Crippen LogP contribution in [0.15, 0.2) is 58.1 Å². The molecule has 4 rings (SSSR count). The zero-order chi connectivity index (χ0) is 19.6. The standard InChI is InChI=1S/C19H19N3O5S/c23-13-17-3-6-19(27-17)14-1-4-18(5-2-14)28(24,25)21-15-11-20-22(12-15)16-7-9-26-10-8-16/h1-6,11-13,16,21H,7-10H2. The Labute approximate surface area is 162 Å². The lowest BCUT2D eigenvalue weighted by Crippen LogP contribution is -2.19. The van der Waals surface area contributed by atoms with Crippen LogP contribution in [-0.4, -0.2) is 37.7 Å². The second-order valence-electron chi connectivity index (χ2n) is 6.50. The number of anilines is 1. The highest BCUT2D eigenvalue weighted by Gasteiger charge is 2.19. The lowest BCUT2D eigenvalue weighted by molar-refractivity contribution is 0.0662. The Kier molecular flexibility index (Phi) is 5.01. The lowest BCUT2D eigenvalue weighted by atomic mass is 10.1. The van der Waals surface area contributed by atoms with E-state index in [1.165, 1.54) is 18.3 Å². The number of rotatable bonds is 6. The lowest BCUT2D eigenvalue weighted by Gasteiger charge is -2.22. The maximum Gasteiger partial charge on any atom is 0.261 e. The Hall–Kier alpha value is -2.91. The summed E-state index contributed by atoms with van der Waals surface area (Å²) < 4.78 is 40.3. The average molecular weight is 401 g/mol. The molecule has 1 aliphatic heterocycles. The van der Waals surface area contributed by atoms with Crippen molar-refractivity contribution in [3.8, 4) is 11.3 Å². The fraction of sp³-hybridized carbons (Fsp3) is 0.263. The van der Waals surface area contributed by atoms with Crippen LogP contribution in [0.5, 0.6) is 0 Å². The highest BCUT2D eigenvalue weighted by molar-refractivity contribution is 7.92. The van der Waals surface area contributed by atoms with E-state index < -0.39 is 10.0 Å². The van der Waals surface area contributed by atoms with Crippen LogP contribution in [-0.2, 0) is 14.8 Å². The van der Waals surface area contributed by atoms with Gasteiger partial charge in [-0.1, -0.05) is 0 Å². The molecule has 0 bridgehead atoms. The van der Waals surface area contributed by atoms with E-state index in [9.17, 15) is 13.2 Å². The van der Waals surface area contributed by atoms with Crippen LogP contribution in [0.1, 0.15) is 29.4 Å². The summed E-state index contributed by atoms with van der Waals surface area (Å²) in [7, 11) is -3.74. The van der Waals surface area contributed by atoms with Gasteiger partial charge in [0.1, 0.15) is 5.76 Å². The molecule has 0 saturated carbocycles. The molecule has 1 aliphatic rings. The number of hydrogen-bond acceptors (Lipinski definition) is 6. The first-order valence-electron chi connectivity index (χ1n) is 8.85. The molecular formula is C19H19N3O5S. The molecule has 8 nitrogen and oxygen atoms in total. The van der Waals surface area contributed by atoms with E-state index >= 15 is 0 Å². The molecule has 9 heteroatoms. The van der Waals surface area contributed by atoms with Crippen molar-refractivity contribution >= 4 is 22.0 Å². The van der Waals surface area contributed by atoms with Gasteiger partial charge in [0.25, 0.3) is 10.0 Å². The zero-order valence-corrected chi connectivity index (χ0v) is 15.8. The summed E-state index contributed by atoms with van der Waals surface area (Å²) in [5.74, 6) is 0.714. The van der Waals surface area contributed by atoms with Gasteiger partial charge in [-0.3, -0.25) is 14.2 Å². The van der Waals surface area contributed by atoms with Crippen LogP contribution in [0, 0.1) is 0 Å². The number of aldehydes is 1. The number of ether oxygens (including phenoxy) is 1. The quantitative estimate of drug-likeness (QED) is 0.637. The van der Waals surface area contributed by atoms with Crippen LogP contribution < -0.4 is 4.72 Å². The van der Waals surface area contributed by atoms with Gasteiger partial charge in [-0.05, 0) is 49.2 Å². The molecule has 3 heterocycles. The van der Waals surface area contributed by atoms with Gasteiger partial charge >= 0.3 is 0 Å². The van der Waals surface area contributed by atoms with Crippen LogP contribution in [0.3, 0.4) is 0 Å². The normalized spacial score (nSPS) is 15.4. The molecule has 28 heavy (non-hydrogen) atoms. The molecular weight excluding hydrogens is 382 g/mol. The fourth-order valence-electron chi connectivity index (χ4n) is 3.12. The summed E-state index contributed by atoms with van der Waals surface area (Å²) in [4.78, 5) is 10.8. The predicted molar refractivity (Wildman–Crippen MR) is 102 cm³/mol. The SMILES string of the molecule is O=Cc1ccc(-c2ccc(S(=O)(=O)Nc3cnn(C4CCOCC4)c3)cc2)o1. The molecule has 1 fully saturated rings. The fourth-order valence-corrected chi connectivity index (χ4v) is 4.15. The molecule has 1 aromatic carbocycles. The highest BCUT2D eigenvalue weighted by Crippen LogP contribution is 2.25. The molecule has 146 valence electrons. The maximum atomic E-state index is 12.6. The molecule has 1 N–H and O–H groups in total. The molecule has 0 amide bonds. The number of nitrogens with zero attached hydrogens (tertiary/aromatic N) is 2. The second kappa shape index (κ2) is 7.61. The predicted octanol–water partition coefficient (Wildman–Crippen LogP) is 3.11. The first-order valence-corrected chi connectivity index (χ1v) is 10.3. The van der Waals surface area contributed by atoms with E-state index in [4.69, 9.17) is 9.15 Å². The van der Waals surface area contributed by atoms with E-state index in [0.717, 1.165) is 12.8 Å². The van der Waals surface area contributed by atoms with Crippen LogP contribution in [0.25, 0.3) is 11.3 Å². The third kappa shape index (κ3) is 3.85. The first kappa shape index (κ1) is 18.5. The van der Waals surface area contributed by atoms with Gasteiger partial charge in [0.05, 0.1) is 22.8 Å². The highest BCUT2D eigenvalue weighted by atomic mass is 32.2. The smallest absolute Gasteiger partial charge is 0.261 e. The summed E-state index contributed by atoms with van der Waals surface area (Å²) in [5, 5.41) is 4.28. The Morgan fingerprint density at radius 2 is 1.86 bits per heavy atom.